The van der Waals surface area contributed by atoms with Gasteiger partial charge in [-0.05, 0) is 49.2 Å². The molecule has 29 heavy (non-hydrogen) atoms. The first-order valence-corrected chi connectivity index (χ1v) is 9.98. The summed E-state index contributed by atoms with van der Waals surface area (Å²) in [7, 11) is 1.65. The Kier molecular flexibility index (Phi) is 3.28. The zero-order valence-electron chi connectivity index (χ0n) is 16.2. The van der Waals surface area contributed by atoms with Crippen LogP contribution in [0.5, 0.6) is 5.75 Å². The van der Waals surface area contributed by atoms with Gasteiger partial charge in [-0.15, -0.1) is 6.58 Å². The van der Waals surface area contributed by atoms with Crippen LogP contribution in [0.1, 0.15) is 24.6 Å². The minimum atomic E-state index is -0.143. The van der Waals surface area contributed by atoms with Crippen LogP contribution in [0.3, 0.4) is 0 Å². The van der Waals surface area contributed by atoms with E-state index in [0.29, 0.717) is 10.8 Å². The molecule has 0 bridgehead atoms. The lowest BCUT2D eigenvalue weighted by Crippen LogP contribution is -2.32. The molecule has 2 aliphatic rings. The van der Waals surface area contributed by atoms with Crippen molar-refractivity contribution in [3.63, 3.8) is 0 Å². The van der Waals surface area contributed by atoms with Crippen LogP contribution in [0.25, 0.3) is 32.8 Å². The molecule has 2 aliphatic heterocycles. The molecule has 0 amide bonds. The fourth-order valence-corrected chi connectivity index (χ4v) is 5.46. The molecule has 4 heterocycles. The molecule has 6 rings (SSSR count). The highest BCUT2D eigenvalue weighted by molar-refractivity contribution is 6.00. The van der Waals surface area contributed by atoms with Crippen LogP contribution >= 0.6 is 0 Å². The standard InChI is InChI=1S/C24H21N3O2/c1-3-8-24-9-10-25-23(24)27-20-16(12-15(29-2)13-18(20)24)21(28)17-11-14-6-4-5-7-19(14)26-22(17)27/h3-7,11-13,23,25H,1,8-10H2,2H3/t23-,24+/m1/s1. The predicted octanol–water partition coefficient (Wildman–Crippen LogP) is 4.03. The fourth-order valence-electron chi connectivity index (χ4n) is 5.46. The van der Waals surface area contributed by atoms with Crippen molar-refractivity contribution in [1.29, 1.82) is 0 Å². The first-order valence-electron chi connectivity index (χ1n) is 9.98. The van der Waals surface area contributed by atoms with Crippen molar-refractivity contribution in [1.82, 2.24) is 14.9 Å². The second-order valence-electron chi connectivity index (χ2n) is 8.08. The van der Waals surface area contributed by atoms with Crippen molar-refractivity contribution in [3.05, 3.63) is 70.9 Å². The Hall–Kier alpha value is -3.18. The number of hydrogen-bond acceptors (Lipinski definition) is 4. The Bertz CT molecular complexity index is 1400. The van der Waals surface area contributed by atoms with Crippen LogP contribution in [0.2, 0.25) is 0 Å². The smallest absolute Gasteiger partial charge is 0.199 e. The van der Waals surface area contributed by atoms with Crippen LogP contribution < -0.4 is 15.5 Å². The summed E-state index contributed by atoms with van der Waals surface area (Å²) < 4.78 is 7.84. The largest absolute Gasteiger partial charge is 0.497 e. The predicted molar refractivity (Wildman–Crippen MR) is 116 cm³/mol. The van der Waals surface area contributed by atoms with Crippen LogP contribution in [-0.4, -0.2) is 23.2 Å². The molecule has 4 aromatic rings. The van der Waals surface area contributed by atoms with E-state index in [1.165, 1.54) is 0 Å². The minimum Gasteiger partial charge on any atom is -0.497 e. The maximum atomic E-state index is 13.6. The quantitative estimate of drug-likeness (QED) is 0.429. The summed E-state index contributed by atoms with van der Waals surface area (Å²) in [4.78, 5) is 18.5. The van der Waals surface area contributed by atoms with Crippen LogP contribution in [0, 0.1) is 0 Å². The van der Waals surface area contributed by atoms with E-state index in [1.807, 2.05) is 42.5 Å². The Morgan fingerprint density at radius 2 is 2.17 bits per heavy atom. The van der Waals surface area contributed by atoms with E-state index in [2.05, 4.69) is 22.5 Å². The Morgan fingerprint density at radius 1 is 1.31 bits per heavy atom. The number of rotatable bonds is 3. The number of benzene rings is 2. The molecule has 5 heteroatoms. The molecule has 0 aliphatic carbocycles. The maximum Gasteiger partial charge on any atom is 0.199 e. The van der Waals surface area contributed by atoms with E-state index >= 15 is 0 Å². The van der Waals surface area contributed by atoms with Crippen molar-refractivity contribution in [2.24, 2.45) is 0 Å². The van der Waals surface area contributed by atoms with Gasteiger partial charge < -0.3 is 9.30 Å². The fraction of sp³-hybridized carbons (Fsp3) is 0.250. The van der Waals surface area contributed by atoms with Gasteiger partial charge in [0.1, 0.15) is 11.4 Å². The highest BCUT2D eigenvalue weighted by Gasteiger charge is 2.51. The minimum absolute atomic E-state index is 0.0124. The molecule has 1 fully saturated rings. The van der Waals surface area contributed by atoms with Gasteiger partial charge in [0.05, 0.1) is 35.1 Å². The number of nitrogens with zero attached hydrogens (tertiary/aromatic N) is 2. The summed E-state index contributed by atoms with van der Waals surface area (Å²) in [5.74, 6) is 0.722. The molecule has 144 valence electrons. The number of nitrogens with one attached hydrogen (secondary N) is 1. The third-order valence-electron chi connectivity index (χ3n) is 6.72. The topological polar surface area (TPSA) is 56.2 Å². The summed E-state index contributed by atoms with van der Waals surface area (Å²) in [6.07, 6.45) is 3.84. The molecular weight excluding hydrogens is 362 g/mol. The molecule has 2 aromatic heterocycles. The summed E-state index contributed by atoms with van der Waals surface area (Å²) >= 11 is 0. The number of ether oxygens (including phenoxy) is 1. The van der Waals surface area contributed by atoms with Gasteiger partial charge in [-0.25, -0.2) is 4.98 Å². The van der Waals surface area contributed by atoms with E-state index in [1.54, 1.807) is 7.11 Å². The second-order valence-corrected chi connectivity index (χ2v) is 8.08. The molecule has 0 saturated carbocycles. The summed E-state index contributed by atoms with van der Waals surface area (Å²) in [5.41, 5.74) is 3.66. The van der Waals surface area contributed by atoms with E-state index in [0.717, 1.165) is 52.8 Å². The van der Waals surface area contributed by atoms with E-state index < -0.39 is 0 Å². The first kappa shape index (κ1) is 16.7. The molecule has 0 spiro atoms. The second kappa shape index (κ2) is 5.67. The van der Waals surface area contributed by atoms with Crippen molar-refractivity contribution < 1.29 is 4.74 Å². The third-order valence-corrected chi connectivity index (χ3v) is 6.72. The van der Waals surface area contributed by atoms with Gasteiger partial charge in [0.2, 0.25) is 0 Å². The van der Waals surface area contributed by atoms with Gasteiger partial charge in [0, 0.05) is 10.8 Å². The average molecular weight is 383 g/mol. The zero-order chi connectivity index (χ0) is 19.8. The highest BCUT2D eigenvalue weighted by atomic mass is 16.5. The molecular formula is C24H21N3O2. The van der Waals surface area contributed by atoms with Gasteiger partial charge in [0.15, 0.2) is 5.43 Å². The van der Waals surface area contributed by atoms with E-state index in [-0.39, 0.29) is 17.0 Å². The molecule has 0 unspecified atom stereocenters. The lowest BCUT2D eigenvalue weighted by Gasteiger charge is -2.29. The number of methoxy groups -OCH3 is 1. The Morgan fingerprint density at radius 3 is 3.00 bits per heavy atom. The van der Waals surface area contributed by atoms with Crippen LogP contribution in [0.15, 0.2) is 59.9 Å². The molecule has 1 N–H and O–H groups in total. The number of pyridine rings is 2. The molecule has 2 aromatic carbocycles. The highest BCUT2D eigenvalue weighted by Crippen LogP contribution is 2.54. The lowest BCUT2D eigenvalue weighted by molar-refractivity contribution is 0.328. The van der Waals surface area contributed by atoms with Gasteiger partial charge in [-0.3, -0.25) is 10.1 Å². The molecule has 0 radical (unpaired) electrons. The van der Waals surface area contributed by atoms with Gasteiger partial charge in [0.25, 0.3) is 0 Å². The monoisotopic (exact) mass is 383 g/mol. The Labute approximate surface area is 167 Å². The van der Waals surface area contributed by atoms with Crippen molar-refractivity contribution in [2.45, 2.75) is 24.4 Å². The molecule has 5 nitrogen and oxygen atoms in total. The molecule has 1 saturated heterocycles. The van der Waals surface area contributed by atoms with Gasteiger partial charge in [-0.1, -0.05) is 24.3 Å². The first-order chi connectivity index (χ1) is 14.2. The normalized spacial score (nSPS) is 22.4. The SMILES string of the molecule is C=CC[C@@]12CCN[C@@H]1n1c3nc4ccccc4cc3c(=O)c3cc(OC)cc2c31. The third kappa shape index (κ3) is 1.98. The number of fused-ring (bicyclic) bond motifs is 6. The summed E-state index contributed by atoms with van der Waals surface area (Å²) in [6.45, 7) is 4.94. The number of allylic oxidation sites excluding steroid dienone is 1. The zero-order valence-corrected chi connectivity index (χ0v) is 16.2. The van der Waals surface area contributed by atoms with E-state index in [9.17, 15) is 4.79 Å². The van der Waals surface area contributed by atoms with Crippen molar-refractivity contribution >= 4 is 32.8 Å². The molecule has 2 atom stereocenters. The maximum absolute atomic E-state index is 13.6. The summed E-state index contributed by atoms with van der Waals surface area (Å²) in [5, 5.41) is 6.00. The number of aromatic nitrogens is 2. The average Bonchev–Trinajstić information content (AvgIpc) is 3.27. The number of para-hydroxylation sites is 1. The lowest BCUT2D eigenvalue weighted by atomic mass is 9.76. The van der Waals surface area contributed by atoms with Gasteiger partial charge >= 0.3 is 0 Å². The van der Waals surface area contributed by atoms with Crippen LogP contribution in [0.4, 0.5) is 0 Å². The summed E-state index contributed by atoms with van der Waals surface area (Å²) in [6, 6.07) is 13.9. The van der Waals surface area contributed by atoms with E-state index in [4.69, 9.17) is 9.72 Å². The Balaban J connectivity index is 1.86. The van der Waals surface area contributed by atoms with Crippen molar-refractivity contribution in [3.8, 4) is 5.75 Å². The van der Waals surface area contributed by atoms with Gasteiger partial charge in [-0.2, -0.15) is 0 Å². The number of hydrogen-bond donors (Lipinski definition) is 1. The van der Waals surface area contributed by atoms with Crippen molar-refractivity contribution in [2.75, 3.05) is 13.7 Å². The van der Waals surface area contributed by atoms with Crippen LogP contribution in [-0.2, 0) is 5.41 Å².